The zero-order chi connectivity index (χ0) is 20.1. The Bertz CT molecular complexity index is 792. The van der Waals surface area contributed by atoms with Gasteiger partial charge in [0.25, 0.3) is 5.91 Å². The lowest BCUT2D eigenvalue weighted by atomic mass is 10.0. The molecule has 0 N–H and O–H groups in total. The average Bonchev–Trinajstić information content (AvgIpc) is 3.11. The van der Waals surface area contributed by atoms with Crippen LogP contribution >= 0.6 is 0 Å². The topological polar surface area (TPSA) is 69.1 Å². The van der Waals surface area contributed by atoms with Gasteiger partial charge in [-0.05, 0) is 26.2 Å². The molecule has 1 aliphatic heterocycles. The van der Waals surface area contributed by atoms with E-state index in [1.807, 2.05) is 44.4 Å². The molecule has 1 aliphatic rings. The summed E-state index contributed by atoms with van der Waals surface area (Å²) in [4.78, 5) is 17.0. The monoisotopic (exact) mass is 388 g/mol. The maximum absolute atomic E-state index is 13.1. The first-order valence-corrected chi connectivity index (χ1v) is 9.29. The van der Waals surface area contributed by atoms with E-state index in [0.29, 0.717) is 31.2 Å². The molecule has 0 saturated carbocycles. The van der Waals surface area contributed by atoms with Gasteiger partial charge in [0.2, 0.25) is 0 Å². The van der Waals surface area contributed by atoms with Gasteiger partial charge in [0.05, 0.1) is 32.1 Å². The highest BCUT2D eigenvalue weighted by atomic mass is 16.5. The van der Waals surface area contributed by atoms with E-state index in [-0.39, 0.29) is 24.7 Å². The molecule has 1 saturated heterocycles. The second kappa shape index (κ2) is 9.07. The molecule has 152 valence electrons. The average molecular weight is 388 g/mol. The maximum atomic E-state index is 13.1. The molecule has 1 amide bonds. The number of aromatic nitrogens is 2. The molecule has 0 radical (unpaired) electrons. The van der Waals surface area contributed by atoms with Crippen LogP contribution in [-0.4, -0.2) is 79.1 Å². The molecule has 2 atom stereocenters. The Labute approximate surface area is 165 Å². The summed E-state index contributed by atoms with van der Waals surface area (Å²) < 4.78 is 18.8. The van der Waals surface area contributed by atoms with Crippen LogP contribution in [0, 0.1) is 0 Å². The van der Waals surface area contributed by atoms with E-state index < -0.39 is 0 Å². The highest BCUT2D eigenvalue weighted by molar-refractivity contribution is 5.78. The smallest absolute Gasteiger partial charge is 0.261 e. The van der Waals surface area contributed by atoms with E-state index in [1.165, 1.54) is 0 Å². The van der Waals surface area contributed by atoms with E-state index >= 15 is 0 Å². The molecule has 2 aromatic rings. The molecule has 28 heavy (non-hydrogen) atoms. The Morgan fingerprint density at radius 2 is 2.07 bits per heavy atom. The number of carbonyl (C=O) groups excluding carboxylic acids is 1. The van der Waals surface area contributed by atoms with Gasteiger partial charge in [-0.15, -0.1) is 0 Å². The summed E-state index contributed by atoms with van der Waals surface area (Å²) >= 11 is 0. The summed E-state index contributed by atoms with van der Waals surface area (Å²) in [6, 6.07) is 7.10. The minimum absolute atomic E-state index is 0.0637. The van der Waals surface area contributed by atoms with Gasteiger partial charge in [-0.1, -0.05) is 12.1 Å². The second-order valence-corrected chi connectivity index (χ2v) is 7.09. The molecule has 0 aliphatic carbocycles. The summed E-state index contributed by atoms with van der Waals surface area (Å²) in [5.74, 6) is 1.06. The van der Waals surface area contributed by atoms with Crippen molar-refractivity contribution in [1.82, 2.24) is 19.6 Å². The number of likely N-dealkylation sites (N-methyl/N-ethyl adjacent to an activating group) is 1. The van der Waals surface area contributed by atoms with Crippen LogP contribution in [0.15, 0.2) is 36.7 Å². The van der Waals surface area contributed by atoms with E-state index in [2.05, 4.69) is 10.00 Å². The van der Waals surface area contributed by atoms with Gasteiger partial charge in [0, 0.05) is 31.9 Å². The van der Waals surface area contributed by atoms with Crippen LogP contribution in [0.1, 0.15) is 11.6 Å². The number of ether oxygens (including phenoxy) is 3. The minimum Gasteiger partial charge on any atom is -0.493 e. The molecule has 0 spiro atoms. The lowest BCUT2D eigenvalue weighted by molar-refractivity contribution is -0.150. The van der Waals surface area contributed by atoms with Crippen LogP contribution in [0.4, 0.5) is 0 Å². The summed E-state index contributed by atoms with van der Waals surface area (Å²) in [7, 11) is 7.44. The number of hydrogen-bond donors (Lipinski definition) is 0. The Kier molecular flexibility index (Phi) is 6.53. The predicted octanol–water partition coefficient (Wildman–Crippen LogP) is 1.34. The molecule has 0 bridgehead atoms. The van der Waals surface area contributed by atoms with Crippen molar-refractivity contribution in [3.8, 4) is 11.5 Å². The van der Waals surface area contributed by atoms with Crippen molar-refractivity contribution in [3.05, 3.63) is 42.2 Å². The fraction of sp³-hybridized carbons (Fsp3) is 0.500. The minimum atomic E-state index is -0.210. The third-order valence-electron chi connectivity index (χ3n) is 4.70. The SMILES string of the molecule is COc1ccccc1OCC(=O)N1CCO[C@@H](CN(C)C)[C@@H]1c1cnn(C)c1. The number of amides is 1. The fourth-order valence-electron chi connectivity index (χ4n) is 3.47. The quantitative estimate of drug-likeness (QED) is 0.713. The Hall–Kier alpha value is -2.58. The lowest BCUT2D eigenvalue weighted by Gasteiger charge is -2.41. The predicted molar refractivity (Wildman–Crippen MR) is 104 cm³/mol. The molecule has 1 aromatic carbocycles. The number of morpholine rings is 1. The van der Waals surface area contributed by atoms with Gasteiger partial charge in [0.1, 0.15) is 0 Å². The van der Waals surface area contributed by atoms with Crippen molar-refractivity contribution in [2.24, 2.45) is 7.05 Å². The molecule has 8 nitrogen and oxygen atoms in total. The third kappa shape index (κ3) is 4.63. The van der Waals surface area contributed by atoms with Crippen LogP contribution in [-0.2, 0) is 16.6 Å². The van der Waals surface area contributed by atoms with Gasteiger partial charge in [0.15, 0.2) is 18.1 Å². The number of methoxy groups -OCH3 is 1. The number of aryl methyl sites for hydroxylation is 1. The Morgan fingerprint density at radius 3 is 2.71 bits per heavy atom. The largest absolute Gasteiger partial charge is 0.493 e. The van der Waals surface area contributed by atoms with E-state index in [1.54, 1.807) is 30.1 Å². The standard InChI is InChI=1S/C20H28N4O4/c1-22(2)13-18-20(15-11-21-23(3)12-15)24(9-10-27-18)19(25)14-28-17-8-6-5-7-16(17)26-4/h5-8,11-12,18,20H,9-10,13-14H2,1-4H3/t18-,20-/m0/s1. The Morgan fingerprint density at radius 1 is 1.32 bits per heavy atom. The molecule has 0 unspecified atom stereocenters. The van der Waals surface area contributed by atoms with E-state index in [9.17, 15) is 4.79 Å². The second-order valence-electron chi connectivity index (χ2n) is 7.09. The van der Waals surface area contributed by atoms with Gasteiger partial charge >= 0.3 is 0 Å². The number of benzene rings is 1. The number of hydrogen-bond acceptors (Lipinski definition) is 6. The van der Waals surface area contributed by atoms with Crippen molar-refractivity contribution >= 4 is 5.91 Å². The number of carbonyl (C=O) groups is 1. The van der Waals surface area contributed by atoms with Crippen molar-refractivity contribution in [2.45, 2.75) is 12.1 Å². The third-order valence-corrected chi connectivity index (χ3v) is 4.70. The first-order chi connectivity index (χ1) is 13.5. The maximum Gasteiger partial charge on any atom is 0.261 e. The van der Waals surface area contributed by atoms with Gasteiger partial charge in [-0.3, -0.25) is 9.48 Å². The molecule has 1 fully saturated rings. The summed E-state index contributed by atoms with van der Waals surface area (Å²) in [5.41, 5.74) is 0.958. The van der Waals surface area contributed by atoms with Crippen LogP contribution < -0.4 is 9.47 Å². The van der Waals surface area contributed by atoms with Gasteiger partial charge in [-0.2, -0.15) is 5.10 Å². The summed E-state index contributed by atoms with van der Waals surface area (Å²) in [5, 5.41) is 4.28. The van der Waals surface area contributed by atoms with Gasteiger partial charge in [-0.25, -0.2) is 0 Å². The fourth-order valence-corrected chi connectivity index (χ4v) is 3.47. The normalized spacial score (nSPS) is 19.7. The first kappa shape index (κ1) is 20.2. The highest BCUT2D eigenvalue weighted by Crippen LogP contribution is 2.31. The van der Waals surface area contributed by atoms with Crippen LogP contribution in [0.3, 0.4) is 0 Å². The summed E-state index contributed by atoms with van der Waals surface area (Å²) in [6.07, 6.45) is 3.59. The van der Waals surface area contributed by atoms with Crippen LogP contribution in [0.5, 0.6) is 11.5 Å². The van der Waals surface area contributed by atoms with Crippen LogP contribution in [0.25, 0.3) is 0 Å². The van der Waals surface area contributed by atoms with Crippen molar-refractivity contribution in [2.75, 3.05) is 47.5 Å². The summed E-state index contributed by atoms with van der Waals surface area (Å²) in [6.45, 7) is 1.65. The van der Waals surface area contributed by atoms with Crippen LogP contribution in [0.2, 0.25) is 0 Å². The van der Waals surface area contributed by atoms with E-state index in [4.69, 9.17) is 14.2 Å². The Balaban J connectivity index is 1.77. The molecule has 1 aromatic heterocycles. The van der Waals surface area contributed by atoms with Crippen molar-refractivity contribution < 1.29 is 19.0 Å². The number of para-hydroxylation sites is 2. The molecular formula is C20H28N4O4. The lowest BCUT2D eigenvalue weighted by Crippen LogP contribution is -2.52. The first-order valence-electron chi connectivity index (χ1n) is 9.29. The molecule has 8 heteroatoms. The van der Waals surface area contributed by atoms with Gasteiger partial charge < -0.3 is 24.0 Å². The zero-order valence-electron chi connectivity index (χ0n) is 16.9. The molecule has 2 heterocycles. The van der Waals surface area contributed by atoms with E-state index in [0.717, 1.165) is 5.56 Å². The zero-order valence-corrected chi connectivity index (χ0v) is 16.9. The number of nitrogens with zero attached hydrogens (tertiary/aromatic N) is 4. The molecular weight excluding hydrogens is 360 g/mol. The molecule has 3 rings (SSSR count). The van der Waals surface area contributed by atoms with Crippen molar-refractivity contribution in [3.63, 3.8) is 0 Å². The number of rotatable bonds is 7. The highest BCUT2D eigenvalue weighted by Gasteiger charge is 2.37. The van der Waals surface area contributed by atoms with Crippen molar-refractivity contribution in [1.29, 1.82) is 0 Å².